The molecule has 2 aliphatic heterocycles. The quantitative estimate of drug-likeness (QED) is 0.178. The van der Waals surface area contributed by atoms with Crippen molar-refractivity contribution in [2.24, 2.45) is 15.7 Å². The Morgan fingerprint density at radius 2 is 1.20 bits per heavy atom. The lowest BCUT2D eigenvalue weighted by Crippen LogP contribution is -2.36. The van der Waals surface area contributed by atoms with Crippen LogP contribution in [0.1, 0.15) is 98.9 Å². The number of aliphatic imine (C=N–C) groups is 2. The normalized spacial score (nSPS) is 17.2. The van der Waals surface area contributed by atoms with E-state index in [4.69, 9.17) is 15.3 Å². The molecule has 14 heteroatoms. The zero-order chi connectivity index (χ0) is 39.5. The standard InChI is InChI=1S/C21H23FN4.C20H20FN5O.CO2/c1-2-16-13-15(14-24-16)19-7-6-17(25-26-19)8-11-21(9-4-10-21)20-18(22)5-3-12-23-20;21-15-3-1-10-23-18(15)20(7-2-8-20)9-6-14-4-5-16(26-25-14)13-11-17(19(22)27)24-12-13;2-1-3/h3,5-7,12-13H,2,4,8-11,14H2,1H3;1,3-5,10-11H,2,6-9,12H2,(H2,22,27);. The van der Waals surface area contributed by atoms with E-state index in [9.17, 15) is 13.6 Å². The van der Waals surface area contributed by atoms with Crippen LogP contribution in [0.25, 0.3) is 11.1 Å². The van der Waals surface area contributed by atoms with Gasteiger partial charge in [0.05, 0.1) is 47.3 Å². The lowest BCUT2D eigenvalue weighted by molar-refractivity contribution is -0.191. The molecule has 2 aliphatic carbocycles. The zero-order valence-electron chi connectivity index (χ0n) is 31.3. The first-order chi connectivity index (χ1) is 27.2. The summed E-state index contributed by atoms with van der Waals surface area (Å²) < 4.78 is 28.4. The first kappa shape index (κ1) is 39.7. The number of pyridine rings is 2. The second-order valence-corrected chi connectivity index (χ2v) is 14.4. The SMILES string of the molecule is CCC1=NCC(c2ccc(CCC3(c4ncccc4F)CCC3)nn2)=C1.NC(=O)C1=NCC(c2ccc(CCC3(c4ncccc4F)CCC3)nn2)=C1.O=C=O. The Balaban J connectivity index is 0.000000178. The van der Waals surface area contributed by atoms with E-state index in [-0.39, 0.29) is 34.3 Å². The predicted molar refractivity (Wildman–Crippen MR) is 205 cm³/mol. The Bertz CT molecular complexity index is 2190. The number of carbonyl (C=O) groups excluding carboxylic acids is 3. The minimum atomic E-state index is -0.540. The molecule has 4 aromatic rings. The van der Waals surface area contributed by atoms with Gasteiger partial charge < -0.3 is 5.73 Å². The largest absolute Gasteiger partial charge is 0.373 e. The Kier molecular flexibility index (Phi) is 12.8. The van der Waals surface area contributed by atoms with Gasteiger partial charge in [-0.1, -0.05) is 19.8 Å². The lowest BCUT2D eigenvalue weighted by atomic mass is 9.63. The molecule has 2 N–H and O–H groups in total. The lowest BCUT2D eigenvalue weighted by Gasteiger charge is -2.41. The predicted octanol–water partition coefficient (Wildman–Crippen LogP) is 6.12. The molecule has 0 spiro atoms. The summed E-state index contributed by atoms with van der Waals surface area (Å²) in [4.78, 5) is 44.6. The van der Waals surface area contributed by atoms with Gasteiger partial charge in [0.1, 0.15) is 17.3 Å². The number of aryl methyl sites for hydroxylation is 2. The molecule has 0 aromatic carbocycles. The van der Waals surface area contributed by atoms with Crippen molar-refractivity contribution in [3.05, 3.63) is 119 Å². The fourth-order valence-electron chi connectivity index (χ4n) is 7.61. The number of allylic oxidation sites excluding steroid dienone is 1. The van der Waals surface area contributed by atoms with Gasteiger partial charge in [-0.15, -0.1) is 0 Å². The monoisotopic (exact) mass is 759 g/mol. The first-order valence-corrected chi connectivity index (χ1v) is 18.8. The van der Waals surface area contributed by atoms with E-state index in [2.05, 4.69) is 53.3 Å². The second kappa shape index (κ2) is 18.1. The number of aromatic nitrogens is 6. The number of hydrogen-bond acceptors (Lipinski definition) is 11. The summed E-state index contributed by atoms with van der Waals surface area (Å²) in [6.45, 7) is 3.18. The molecule has 4 aliphatic rings. The van der Waals surface area contributed by atoms with Gasteiger partial charge in [0, 0.05) is 40.1 Å². The van der Waals surface area contributed by atoms with Gasteiger partial charge in [0.2, 0.25) is 0 Å². The fraction of sp³-hybridized carbons (Fsp3) is 0.381. The molecular weight excluding hydrogens is 717 g/mol. The minimum absolute atomic E-state index is 0.135. The molecule has 6 heterocycles. The van der Waals surface area contributed by atoms with E-state index in [1.165, 1.54) is 12.1 Å². The van der Waals surface area contributed by atoms with E-state index in [0.29, 0.717) is 36.6 Å². The maximum Gasteiger partial charge on any atom is 0.373 e. The van der Waals surface area contributed by atoms with Crippen molar-refractivity contribution in [2.45, 2.75) is 88.4 Å². The van der Waals surface area contributed by atoms with Crippen LogP contribution in [0.4, 0.5) is 8.78 Å². The van der Waals surface area contributed by atoms with Crippen LogP contribution in [0.15, 0.2) is 83.1 Å². The molecule has 56 heavy (non-hydrogen) atoms. The summed E-state index contributed by atoms with van der Waals surface area (Å²) in [5.41, 5.74) is 12.8. The maximum atomic E-state index is 14.2. The number of hydrogen-bond donors (Lipinski definition) is 1. The number of primary amides is 1. The summed E-state index contributed by atoms with van der Waals surface area (Å²) in [5, 5.41) is 17.3. The van der Waals surface area contributed by atoms with Gasteiger partial charge in [-0.25, -0.2) is 8.78 Å². The van der Waals surface area contributed by atoms with Crippen LogP contribution in [0.5, 0.6) is 0 Å². The number of carbonyl (C=O) groups is 1. The molecule has 0 saturated heterocycles. The van der Waals surface area contributed by atoms with Crippen LogP contribution in [0, 0.1) is 11.6 Å². The molecule has 0 unspecified atom stereocenters. The van der Waals surface area contributed by atoms with E-state index in [1.54, 1.807) is 30.6 Å². The third-order valence-corrected chi connectivity index (χ3v) is 11.1. The molecule has 4 aromatic heterocycles. The molecule has 2 saturated carbocycles. The van der Waals surface area contributed by atoms with Crippen molar-refractivity contribution >= 4 is 34.6 Å². The highest BCUT2D eigenvalue weighted by Gasteiger charge is 2.42. The van der Waals surface area contributed by atoms with Crippen LogP contribution < -0.4 is 5.73 Å². The third kappa shape index (κ3) is 9.09. The Hall–Kier alpha value is -6.01. The Morgan fingerprint density at radius 3 is 1.55 bits per heavy atom. The summed E-state index contributed by atoms with van der Waals surface area (Å²) in [7, 11) is 0. The fourth-order valence-corrected chi connectivity index (χ4v) is 7.61. The van der Waals surface area contributed by atoms with Gasteiger partial charge in [-0.2, -0.15) is 30.0 Å². The summed E-state index contributed by atoms with van der Waals surface area (Å²) >= 11 is 0. The van der Waals surface area contributed by atoms with Gasteiger partial charge >= 0.3 is 6.15 Å². The Morgan fingerprint density at radius 1 is 0.714 bits per heavy atom. The van der Waals surface area contributed by atoms with Gasteiger partial charge in [-0.3, -0.25) is 24.7 Å². The van der Waals surface area contributed by atoms with Crippen molar-refractivity contribution in [2.75, 3.05) is 13.1 Å². The summed E-state index contributed by atoms with van der Waals surface area (Å²) in [6, 6.07) is 14.1. The topological polar surface area (TPSA) is 179 Å². The minimum Gasteiger partial charge on any atom is -0.364 e. The first-order valence-electron chi connectivity index (χ1n) is 18.8. The highest BCUT2D eigenvalue weighted by Crippen LogP contribution is 2.48. The van der Waals surface area contributed by atoms with Crippen molar-refractivity contribution in [3.8, 4) is 0 Å². The van der Waals surface area contributed by atoms with E-state index in [1.807, 2.05) is 24.3 Å². The molecule has 2 fully saturated rings. The van der Waals surface area contributed by atoms with Crippen LogP contribution in [0.3, 0.4) is 0 Å². The van der Waals surface area contributed by atoms with Crippen molar-refractivity contribution in [1.82, 2.24) is 30.4 Å². The molecular formula is C42H43F2N9O3. The molecule has 288 valence electrons. The van der Waals surface area contributed by atoms with Crippen LogP contribution in [-0.4, -0.2) is 66.9 Å². The highest BCUT2D eigenvalue weighted by atomic mass is 19.1. The van der Waals surface area contributed by atoms with Crippen molar-refractivity contribution in [3.63, 3.8) is 0 Å². The number of nitrogens with zero attached hydrogens (tertiary/aromatic N) is 8. The van der Waals surface area contributed by atoms with Gasteiger partial charge in [0.15, 0.2) is 0 Å². The van der Waals surface area contributed by atoms with Crippen LogP contribution >= 0.6 is 0 Å². The van der Waals surface area contributed by atoms with Crippen LogP contribution in [0.2, 0.25) is 0 Å². The molecule has 1 amide bonds. The summed E-state index contributed by atoms with van der Waals surface area (Å²) in [5.74, 6) is -0.951. The molecule has 0 bridgehead atoms. The van der Waals surface area contributed by atoms with Crippen LogP contribution in [-0.2, 0) is 38.1 Å². The third-order valence-electron chi connectivity index (χ3n) is 11.1. The second-order valence-electron chi connectivity index (χ2n) is 14.4. The van der Waals surface area contributed by atoms with E-state index >= 15 is 0 Å². The molecule has 0 atom stereocenters. The molecule has 0 radical (unpaired) electrons. The smallest absolute Gasteiger partial charge is 0.364 e. The number of nitrogens with two attached hydrogens (primary N) is 1. The maximum absolute atomic E-state index is 14.2. The Labute approximate surface area is 323 Å². The van der Waals surface area contributed by atoms with E-state index in [0.717, 1.165) is 98.1 Å². The van der Waals surface area contributed by atoms with Gasteiger partial charge in [0.25, 0.3) is 5.91 Å². The molecule has 12 nitrogen and oxygen atoms in total. The summed E-state index contributed by atoms with van der Waals surface area (Å²) in [6.07, 6.45) is 17.6. The average molecular weight is 760 g/mol. The van der Waals surface area contributed by atoms with Crippen molar-refractivity contribution < 1.29 is 23.2 Å². The molecule has 8 rings (SSSR count). The van der Waals surface area contributed by atoms with Gasteiger partial charge in [-0.05, 0) is 118 Å². The number of halogens is 2. The average Bonchev–Trinajstić information content (AvgIpc) is 3.88. The van der Waals surface area contributed by atoms with Crippen molar-refractivity contribution in [1.29, 1.82) is 0 Å². The zero-order valence-corrected chi connectivity index (χ0v) is 31.3. The van der Waals surface area contributed by atoms with E-state index < -0.39 is 5.91 Å². The number of rotatable bonds is 12. The highest BCUT2D eigenvalue weighted by molar-refractivity contribution is 6.45. The number of amides is 1.